The predicted molar refractivity (Wildman–Crippen MR) is 58.7 cm³/mol. The first-order valence-electron chi connectivity index (χ1n) is 4.42. The van der Waals surface area contributed by atoms with Crippen LogP contribution in [0.4, 0.5) is 12.9 Å². The van der Waals surface area contributed by atoms with Crippen LogP contribution < -0.4 is 0 Å². The van der Waals surface area contributed by atoms with E-state index in [0.29, 0.717) is 5.52 Å². The molecule has 0 aliphatic rings. The SMILES string of the molecule is F[B-](F)(F)Cn1ccc2c(Br)cccc21. The summed E-state index contributed by atoms with van der Waals surface area (Å²) in [6.45, 7) is -4.80. The lowest BCUT2D eigenvalue weighted by Crippen LogP contribution is -2.23. The summed E-state index contributed by atoms with van der Waals surface area (Å²) in [5.74, 6) is 0. The topological polar surface area (TPSA) is 4.93 Å². The fraction of sp³-hybridized carbons (Fsp3) is 0.111. The molecule has 2 aromatic rings. The van der Waals surface area contributed by atoms with Gasteiger partial charge in [0.15, 0.2) is 0 Å². The maximum absolute atomic E-state index is 12.3. The van der Waals surface area contributed by atoms with Crippen LogP contribution in [0.5, 0.6) is 0 Å². The largest absolute Gasteiger partial charge is 0.497 e. The third kappa shape index (κ3) is 2.20. The maximum Gasteiger partial charge on any atom is 0.497 e. The van der Waals surface area contributed by atoms with Crippen LogP contribution in [0.15, 0.2) is 34.9 Å². The normalized spacial score (nSPS) is 12.3. The van der Waals surface area contributed by atoms with Crippen molar-refractivity contribution >= 4 is 33.8 Å². The number of aromatic nitrogens is 1. The number of benzene rings is 1. The van der Waals surface area contributed by atoms with Gasteiger partial charge in [-0.1, -0.05) is 22.0 Å². The summed E-state index contributed by atoms with van der Waals surface area (Å²) >= 11 is 3.30. The van der Waals surface area contributed by atoms with E-state index in [1.54, 1.807) is 18.2 Å². The first kappa shape index (κ1) is 10.6. The Bertz CT molecular complexity index is 492. The Morgan fingerprint density at radius 3 is 2.60 bits per heavy atom. The van der Waals surface area contributed by atoms with Gasteiger partial charge in [-0.15, -0.1) is 0 Å². The minimum absolute atomic E-state index is 0.601. The molecule has 0 atom stereocenters. The molecule has 1 aromatic carbocycles. The van der Waals surface area contributed by atoms with E-state index in [1.807, 2.05) is 6.07 Å². The zero-order chi connectivity index (χ0) is 11.1. The van der Waals surface area contributed by atoms with Gasteiger partial charge in [0.1, 0.15) is 0 Å². The molecule has 0 saturated carbocycles. The van der Waals surface area contributed by atoms with E-state index >= 15 is 0 Å². The van der Waals surface area contributed by atoms with Crippen molar-refractivity contribution < 1.29 is 12.9 Å². The number of nitrogens with zero attached hydrogens (tertiary/aromatic N) is 1. The Balaban J connectivity index is 2.50. The second-order valence-corrected chi connectivity index (χ2v) is 4.21. The van der Waals surface area contributed by atoms with Crippen molar-refractivity contribution in [3.8, 4) is 0 Å². The van der Waals surface area contributed by atoms with Crippen molar-refractivity contribution in [2.45, 2.75) is 6.44 Å². The molecule has 15 heavy (non-hydrogen) atoms. The molecule has 0 saturated heterocycles. The maximum atomic E-state index is 12.3. The summed E-state index contributed by atoms with van der Waals surface area (Å²) in [5.41, 5.74) is 0.601. The molecule has 80 valence electrons. The first-order valence-corrected chi connectivity index (χ1v) is 5.21. The molecule has 0 unspecified atom stereocenters. The molecule has 0 radical (unpaired) electrons. The molecular formula is C9H7BBrF3N-. The molecule has 6 heteroatoms. The Morgan fingerprint density at radius 2 is 1.93 bits per heavy atom. The van der Waals surface area contributed by atoms with E-state index in [4.69, 9.17) is 0 Å². The molecule has 0 aliphatic heterocycles. The van der Waals surface area contributed by atoms with Gasteiger partial charge in [-0.25, -0.2) is 0 Å². The molecular weight excluding hydrogens is 270 g/mol. The van der Waals surface area contributed by atoms with Gasteiger partial charge >= 0.3 is 6.98 Å². The second kappa shape index (κ2) is 3.59. The summed E-state index contributed by atoms with van der Waals surface area (Å²) in [5, 5.41) is 0.803. The molecule has 0 amide bonds. The van der Waals surface area contributed by atoms with E-state index in [-0.39, 0.29) is 0 Å². The van der Waals surface area contributed by atoms with Crippen molar-refractivity contribution in [1.29, 1.82) is 0 Å². The van der Waals surface area contributed by atoms with Crippen LogP contribution in [0, 0.1) is 0 Å². The molecule has 2 rings (SSSR count). The van der Waals surface area contributed by atoms with Crippen LogP contribution in [-0.4, -0.2) is 11.5 Å². The second-order valence-electron chi connectivity index (χ2n) is 3.35. The Kier molecular flexibility index (Phi) is 2.54. The molecule has 1 heterocycles. The molecule has 1 nitrogen and oxygen atoms in total. The smallest absolute Gasteiger partial charge is 0.448 e. The zero-order valence-corrected chi connectivity index (χ0v) is 9.22. The molecule has 1 aromatic heterocycles. The zero-order valence-electron chi connectivity index (χ0n) is 7.63. The lowest BCUT2D eigenvalue weighted by Gasteiger charge is -2.15. The van der Waals surface area contributed by atoms with Crippen LogP contribution in [0.25, 0.3) is 10.9 Å². The minimum atomic E-state index is -4.80. The third-order valence-corrected chi connectivity index (χ3v) is 2.86. The summed E-state index contributed by atoms with van der Waals surface area (Å²) in [6.07, 6.45) is 0.574. The van der Waals surface area contributed by atoms with Gasteiger partial charge in [0.25, 0.3) is 0 Å². The monoisotopic (exact) mass is 276 g/mol. The number of fused-ring (bicyclic) bond motifs is 1. The molecule has 0 spiro atoms. The van der Waals surface area contributed by atoms with Crippen LogP contribution in [0.2, 0.25) is 0 Å². The minimum Gasteiger partial charge on any atom is -0.448 e. The van der Waals surface area contributed by atoms with Gasteiger partial charge in [-0.05, 0) is 24.6 Å². The van der Waals surface area contributed by atoms with Gasteiger partial charge in [-0.3, -0.25) is 0 Å². The lowest BCUT2D eigenvalue weighted by atomic mass is 9.92. The van der Waals surface area contributed by atoms with E-state index < -0.39 is 13.4 Å². The highest BCUT2D eigenvalue weighted by Gasteiger charge is 2.24. The highest BCUT2D eigenvalue weighted by atomic mass is 79.9. The van der Waals surface area contributed by atoms with E-state index in [0.717, 1.165) is 9.86 Å². The van der Waals surface area contributed by atoms with E-state index in [9.17, 15) is 12.9 Å². The Labute approximate surface area is 93.1 Å². The van der Waals surface area contributed by atoms with Gasteiger partial charge in [0, 0.05) is 21.6 Å². The van der Waals surface area contributed by atoms with Gasteiger partial charge < -0.3 is 17.5 Å². The molecule has 0 fully saturated rings. The van der Waals surface area contributed by atoms with Crippen molar-refractivity contribution in [2.24, 2.45) is 0 Å². The molecule has 0 bridgehead atoms. The van der Waals surface area contributed by atoms with Crippen LogP contribution in [0.1, 0.15) is 0 Å². The average molecular weight is 277 g/mol. The summed E-state index contributed by atoms with van der Waals surface area (Å²) in [6, 6.07) is 6.90. The van der Waals surface area contributed by atoms with Gasteiger partial charge in [0.05, 0.1) is 0 Å². The first-order chi connectivity index (χ1) is 6.97. The van der Waals surface area contributed by atoms with Crippen LogP contribution in [-0.2, 0) is 6.44 Å². The van der Waals surface area contributed by atoms with E-state index in [1.165, 1.54) is 10.8 Å². The highest BCUT2D eigenvalue weighted by Crippen LogP contribution is 2.26. The fourth-order valence-corrected chi connectivity index (χ4v) is 2.06. The summed E-state index contributed by atoms with van der Waals surface area (Å²) in [7, 11) is 0. The van der Waals surface area contributed by atoms with Crippen molar-refractivity contribution in [3.05, 3.63) is 34.9 Å². The number of hydrogen-bond acceptors (Lipinski definition) is 0. The van der Waals surface area contributed by atoms with Gasteiger partial charge in [0.2, 0.25) is 0 Å². The molecule has 0 aliphatic carbocycles. The number of hydrogen-bond donors (Lipinski definition) is 0. The average Bonchev–Trinajstić information content (AvgIpc) is 2.48. The third-order valence-electron chi connectivity index (χ3n) is 2.16. The predicted octanol–water partition coefficient (Wildman–Crippen LogP) is 3.79. The summed E-state index contributed by atoms with van der Waals surface area (Å²) < 4.78 is 38.9. The molecule has 0 N–H and O–H groups in total. The van der Waals surface area contributed by atoms with Crippen LogP contribution >= 0.6 is 15.9 Å². The quantitative estimate of drug-likeness (QED) is 0.736. The van der Waals surface area contributed by atoms with Gasteiger partial charge in [-0.2, -0.15) is 0 Å². The lowest BCUT2D eigenvalue weighted by molar-refractivity contribution is 0.448. The Hall–Kier alpha value is -0.905. The number of rotatable bonds is 2. The van der Waals surface area contributed by atoms with Crippen molar-refractivity contribution in [1.82, 2.24) is 4.57 Å². The fourth-order valence-electron chi connectivity index (χ4n) is 1.57. The Morgan fingerprint density at radius 1 is 1.20 bits per heavy atom. The summed E-state index contributed by atoms with van der Waals surface area (Å²) in [4.78, 5) is 0. The standard InChI is InChI=1S/C9H7BBrF3N/c11-8-2-1-3-9-7(8)4-5-15(9)6-10(12,13)14/h1-5H,6H2/q-1. The van der Waals surface area contributed by atoms with Crippen molar-refractivity contribution in [3.63, 3.8) is 0 Å². The highest BCUT2D eigenvalue weighted by molar-refractivity contribution is 9.10. The van der Waals surface area contributed by atoms with Crippen molar-refractivity contribution in [2.75, 3.05) is 0 Å². The van der Waals surface area contributed by atoms with E-state index in [2.05, 4.69) is 15.9 Å². The van der Waals surface area contributed by atoms with Crippen LogP contribution in [0.3, 0.4) is 0 Å². The number of halogens is 4.